The Morgan fingerprint density at radius 3 is 2.24 bits per heavy atom. The van der Waals surface area contributed by atoms with Gasteiger partial charge in [-0.25, -0.2) is 0 Å². The summed E-state index contributed by atoms with van der Waals surface area (Å²) in [5, 5.41) is 12.8. The van der Waals surface area contributed by atoms with Gasteiger partial charge in [-0.3, -0.25) is 0 Å². The maximum absolute atomic E-state index is 9.37. The Labute approximate surface area is 127 Å². The van der Waals surface area contributed by atoms with Crippen molar-refractivity contribution in [1.29, 1.82) is 0 Å². The molecule has 2 unspecified atom stereocenters. The van der Waals surface area contributed by atoms with Gasteiger partial charge in [-0.05, 0) is 42.8 Å². The predicted octanol–water partition coefficient (Wildman–Crippen LogP) is 3.43. The van der Waals surface area contributed by atoms with Crippen molar-refractivity contribution in [3.05, 3.63) is 60.2 Å². The van der Waals surface area contributed by atoms with Crippen LogP contribution in [0.15, 0.2) is 54.6 Å². The molecule has 2 aromatic carbocycles. The zero-order valence-electron chi connectivity index (χ0n) is 13.0. The van der Waals surface area contributed by atoms with Crippen molar-refractivity contribution in [3.63, 3.8) is 0 Å². The summed E-state index contributed by atoms with van der Waals surface area (Å²) in [6.07, 6.45) is 0. The molecule has 0 aromatic heterocycles. The summed E-state index contributed by atoms with van der Waals surface area (Å²) in [6, 6.07) is 18.2. The van der Waals surface area contributed by atoms with Gasteiger partial charge in [0.25, 0.3) is 0 Å². The van der Waals surface area contributed by atoms with Gasteiger partial charge in [0.15, 0.2) is 0 Å². The third kappa shape index (κ3) is 3.99. The number of phenols is 1. The van der Waals surface area contributed by atoms with Gasteiger partial charge in [0.1, 0.15) is 5.75 Å². The Hall–Kier alpha value is -2.00. The molecule has 0 fully saturated rings. The molecule has 0 amide bonds. The monoisotopic (exact) mass is 284 g/mol. The van der Waals surface area contributed by atoms with Crippen LogP contribution in [0.4, 0.5) is 5.69 Å². The normalized spacial score (nSPS) is 13.7. The number of aromatic hydroxyl groups is 1. The van der Waals surface area contributed by atoms with Gasteiger partial charge in [0.05, 0.1) is 0 Å². The van der Waals surface area contributed by atoms with Crippen molar-refractivity contribution in [3.8, 4) is 5.75 Å². The van der Waals surface area contributed by atoms with Gasteiger partial charge in [0, 0.05) is 25.3 Å². The zero-order valence-corrected chi connectivity index (χ0v) is 13.0. The average molecular weight is 284 g/mol. The molecule has 2 rings (SSSR count). The molecule has 2 N–H and O–H groups in total. The van der Waals surface area contributed by atoms with Crippen LogP contribution in [0.2, 0.25) is 0 Å². The largest absolute Gasteiger partial charge is 0.508 e. The molecule has 3 heteroatoms. The highest BCUT2D eigenvalue weighted by Crippen LogP contribution is 2.24. The smallest absolute Gasteiger partial charge is 0.115 e. The highest BCUT2D eigenvalue weighted by molar-refractivity contribution is 5.48. The third-order valence-corrected chi connectivity index (χ3v) is 3.89. The minimum atomic E-state index is 0.303. The number of nitrogens with zero attached hydrogens (tertiary/aromatic N) is 1. The van der Waals surface area contributed by atoms with Crippen molar-refractivity contribution >= 4 is 5.69 Å². The molecule has 0 radical (unpaired) electrons. The second kappa shape index (κ2) is 7.14. The quantitative estimate of drug-likeness (QED) is 0.853. The highest BCUT2D eigenvalue weighted by Gasteiger charge is 2.19. The number of rotatable bonds is 6. The number of hydrogen-bond acceptors (Lipinski definition) is 3. The first-order valence-electron chi connectivity index (χ1n) is 7.34. The van der Waals surface area contributed by atoms with E-state index in [-0.39, 0.29) is 0 Å². The Kier molecular flexibility index (Phi) is 5.23. The van der Waals surface area contributed by atoms with Crippen LogP contribution in [-0.4, -0.2) is 25.7 Å². The summed E-state index contributed by atoms with van der Waals surface area (Å²) in [6.45, 7) is 3.19. The van der Waals surface area contributed by atoms with Crippen LogP contribution in [0.25, 0.3) is 0 Å². The summed E-state index contributed by atoms with van der Waals surface area (Å²) in [5.74, 6) is 0.758. The number of benzene rings is 2. The third-order valence-electron chi connectivity index (χ3n) is 3.89. The lowest BCUT2D eigenvalue weighted by atomic mass is 9.94. The van der Waals surface area contributed by atoms with Crippen LogP contribution >= 0.6 is 0 Å². The first-order valence-corrected chi connectivity index (χ1v) is 7.34. The molecule has 0 aliphatic carbocycles. The summed E-state index contributed by atoms with van der Waals surface area (Å²) >= 11 is 0. The van der Waals surface area contributed by atoms with Crippen molar-refractivity contribution < 1.29 is 5.11 Å². The molecule has 0 aliphatic rings. The number of hydrogen-bond donors (Lipinski definition) is 2. The molecule has 3 nitrogen and oxygen atoms in total. The van der Waals surface area contributed by atoms with Crippen molar-refractivity contribution in [1.82, 2.24) is 5.32 Å². The average Bonchev–Trinajstić information content (AvgIpc) is 2.49. The van der Waals surface area contributed by atoms with Crippen LogP contribution in [0, 0.1) is 5.92 Å². The summed E-state index contributed by atoms with van der Waals surface area (Å²) in [7, 11) is 4.09. The first-order chi connectivity index (χ1) is 10.1. The number of phenolic OH excluding ortho intramolecular Hbond substituents is 1. The molecule has 0 spiro atoms. The predicted molar refractivity (Wildman–Crippen MR) is 88.8 cm³/mol. The molecule has 0 aliphatic heterocycles. The lowest BCUT2D eigenvalue weighted by molar-refractivity contribution is 0.414. The molecule has 0 bridgehead atoms. The Morgan fingerprint density at radius 2 is 1.67 bits per heavy atom. The molecular formula is C18H24N2O. The number of nitrogens with one attached hydrogen (secondary N) is 1. The molecule has 0 heterocycles. The molecule has 0 saturated heterocycles. The van der Waals surface area contributed by atoms with Gasteiger partial charge >= 0.3 is 0 Å². The second-order valence-electron chi connectivity index (χ2n) is 5.55. The Bertz CT molecular complexity index is 539. The Balaban J connectivity index is 2.05. The van der Waals surface area contributed by atoms with E-state index in [1.165, 1.54) is 5.56 Å². The van der Waals surface area contributed by atoms with E-state index in [0.29, 0.717) is 17.7 Å². The standard InChI is InChI=1S/C18H24N2O/c1-14(18(19-2)15-7-5-4-6-8-15)13-20(3)16-9-11-17(21)12-10-16/h4-12,14,18-19,21H,13H2,1-3H3. The van der Waals surface area contributed by atoms with Crippen molar-refractivity contribution in [2.45, 2.75) is 13.0 Å². The zero-order chi connectivity index (χ0) is 15.2. The molecule has 0 saturated carbocycles. The topological polar surface area (TPSA) is 35.5 Å². The first kappa shape index (κ1) is 15.4. The molecule has 2 aromatic rings. The van der Waals surface area contributed by atoms with Crippen LogP contribution in [-0.2, 0) is 0 Å². The minimum absolute atomic E-state index is 0.303. The fraction of sp³-hybridized carbons (Fsp3) is 0.333. The lowest BCUT2D eigenvalue weighted by Gasteiger charge is -2.29. The van der Waals surface area contributed by atoms with E-state index < -0.39 is 0 Å². The highest BCUT2D eigenvalue weighted by atomic mass is 16.3. The van der Waals surface area contributed by atoms with Crippen LogP contribution in [0.1, 0.15) is 18.5 Å². The van der Waals surface area contributed by atoms with Gasteiger partial charge < -0.3 is 15.3 Å². The van der Waals surface area contributed by atoms with Gasteiger partial charge in [-0.2, -0.15) is 0 Å². The fourth-order valence-corrected chi connectivity index (χ4v) is 2.79. The molecule has 21 heavy (non-hydrogen) atoms. The van der Waals surface area contributed by atoms with Crippen LogP contribution < -0.4 is 10.2 Å². The van der Waals surface area contributed by atoms with E-state index in [1.807, 2.05) is 25.2 Å². The van der Waals surface area contributed by atoms with E-state index in [4.69, 9.17) is 0 Å². The van der Waals surface area contributed by atoms with E-state index in [9.17, 15) is 5.11 Å². The van der Waals surface area contributed by atoms with E-state index in [0.717, 1.165) is 12.2 Å². The SMILES string of the molecule is CNC(c1ccccc1)C(C)CN(C)c1ccc(O)cc1. The van der Waals surface area contributed by atoms with Crippen LogP contribution in [0.3, 0.4) is 0 Å². The minimum Gasteiger partial charge on any atom is -0.508 e. The summed E-state index contributed by atoms with van der Waals surface area (Å²) in [5.41, 5.74) is 2.43. The lowest BCUT2D eigenvalue weighted by Crippen LogP contribution is -2.32. The molecule has 2 atom stereocenters. The maximum Gasteiger partial charge on any atom is 0.115 e. The van der Waals surface area contributed by atoms with Gasteiger partial charge in [0.2, 0.25) is 0 Å². The fourth-order valence-electron chi connectivity index (χ4n) is 2.79. The molecular weight excluding hydrogens is 260 g/mol. The van der Waals surface area contributed by atoms with Crippen molar-refractivity contribution in [2.24, 2.45) is 5.92 Å². The van der Waals surface area contributed by atoms with E-state index in [2.05, 4.69) is 48.5 Å². The second-order valence-corrected chi connectivity index (χ2v) is 5.55. The van der Waals surface area contributed by atoms with Crippen molar-refractivity contribution in [2.75, 3.05) is 25.5 Å². The summed E-state index contributed by atoms with van der Waals surface area (Å²) in [4.78, 5) is 2.22. The van der Waals surface area contributed by atoms with E-state index >= 15 is 0 Å². The Morgan fingerprint density at radius 1 is 1.05 bits per heavy atom. The molecule has 112 valence electrons. The van der Waals surface area contributed by atoms with Crippen LogP contribution in [0.5, 0.6) is 5.75 Å². The van der Waals surface area contributed by atoms with Gasteiger partial charge in [-0.1, -0.05) is 37.3 Å². The maximum atomic E-state index is 9.37. The summed E-state index contributed by atoms with van der Waals surface area (Å²) < 4.78 is 0. The van der Waals surface area contributed by atoms with E-state index in [1.54, 1.807) is 12.1 Å². The number of anilines is 1. The van der Waals surface area contributed by atoms with Gasteiger partial charge in [-0.15, -0.1) is 0 Å².